The third-order valence-corrected chi connectivity index (χ3v) is 7.51. The van der Waals surface area contributed by atoms with Crippen molar-refractivity contribution in [3.05, 3.63) is 29.0 Å². The van der Waals surface area contributed by atoms with Crippen molar-refractivity contribution in [1.29, 1.82) is 0 Å². The Hall–Kier alpha value is -2.26. The second-order valence-electron chi connectivity index (χ2n) is 8.87. The molecule has 1 saturated carbocycles. The molecule has 1 amide bonds. The molecular weight excluding hydrogens is 417 g/mol. The van der Waals surface area contributed by atoms with Crippen LogP contribution in [0.5, 0.6) is 0 Å². The van der Waals surface area contributed by atoms with Gasteiger partial charge in [-0.1, -0.05) is 0 Å². The van der Waals surface area contributed by atoms with Crippen molar-refractivity contribution in [3.8, 4) is 11.3 Å². The van der Waals surface area contributed by atoms with E-state index in [2.05, 4.69) is 19.8 Å². The fourth-order valence-corrected chi connectivity index (χ4v) is 5.95. The van der Waals surface area contributed by atoms with Gasteiger partial charge in [-0.25, -0.2) is 19.2 Å². The van der Waals surface area contributed by atoms with Crippen LogP contribution in [0.4, 0.5) is 15.0 Å². The molecule has 7 nitrogen and oxygen atoms in total. The number of likely N-dealkylation sites (tertiary alicyclic amines) is 1. The van der Waals surface area contributed by atoms with Crippen LogP contribution in [-0.2, 0) is 4.74 Å². The van der Waals surface area contributed by atoms with E-state index in [4.69, 9.17) is 4.74 Å². The number of halogens is 1. The highest BCUT2D eigenvalue weighted by atomic mass is 32.1. The van der Waals surface area contributed by atoms with Crippen LogP contribution < -0.4 is 4.90 Å². The van der Waals surface area contributed by atoms with Crippen LogP contribution in [0.3, 0.4) is 0 Å². The lowest BCUT2D eigenvalue weighted by atomic mass is 9.78. The number of hydrogen-bond donors (Lipinski definition) is 0. The Morgan fingerprint density at radius 3 is 2.81 bits per heavy atom. The first-order valence-electron chi connectivity index (χ1n) is 11.0. The van der Waals surface area contributed by atoms with Gasteiger partial charge >= 0.3 is 6.09 Å². The summed E-state index contributed by atoms with van der Waals surface area (Å²) < 4.78 is 19.0. The Balaban J connectivity index is 1.19. The number of aromatic nitrogens is 2. The molecule has 1 atom stereocenters. The van der Waals surface area contributed by atoms with Gasteiger partial charge in [0, 0.05) is 61.7 Å². The van der Waals surface area contributed by atoms with E-state index in [0.717, 1.165) is 62.8 Å². The van der Waals surface area contributed by atoms with Gasteiger partial charge in [-0.05, 0) is 32.3 Å². The summed E-state index contributed by atoms with van der Waals surface area (Å²) in [4.78, 5) is 27.4. The second kappa shape index (κ2) is 8.35. The lowest BCUT2D eigenvalue weighted by Gasteiger charge is -2.48. The Kier molecular flexibility index (Phi) is 5.56. The van der Waals surface area contributed by atoms with Gasteiger partial charge in [-0.15, -0.1) is 11.3 Å². The SMILES string of the molecule is CCOC(=O)N1CC2(CC[C@@H](N3CCN(c4ncc(F)cc4-c4cscn4)CC3)C2)C1. The number of carbonyl (C=O) groups excluding carboxylic acids is 1. The number of amides is 1. The van der Waals surface area contributed by atoms with Crippen molar-refractivity contribution in [3.63, 3.8) is 0 Å². The molecule has 3 fully saturated rings. The fraction of sp³-hybridized carbons (Fsp3) is 0.591. The molecule has 1 spiro atoms. The zero-order valence-corrected chi connectivity index (χ0v) is 18.6. The minimum Gasteiger partial charge on any atom is -0.450 e. The number of piperazine rings is 1. The number of thiazole rings is 1. The van der Waals surface area contributed by atoms with Crippen molar-refractivity contribution in [1.82, 2.24) is 19.8 Å². The molecule has 2 aliphatic heterocycles. The normalized spacial score (nSPS) is 23.2. The first kappa shape index (κ1) is 20.6. The highest BCUT2D eigenvalue weighted by Crippen LogP contribution is 2.47. The summed E-state index contributed by atoms with van der Waals surface area (Å²) in [5.41, 5.74) is 3.60. The molecular formula is C22H28FN5O2S. The summed E-state index contributed by atoms with van der Waals surface area (Å²) in [6.45, 7) is 7.62. The molecule has 2 aromatic heterocycles. The van der Waals surface area contributed by atoms with E-state index in [-0.39, 0.29) is 17.3 Å². The maximum atomic E-state index is 13.9. The quantitative estimate of drug-likeness (QED) is 0.718. The van der Waals surface area contributed by atoms with Gasteiger partial charge in [0.1, 0.15) is 11.6 Å². The van der Waals surface area contributed by atoms with E-state index < -0.39 is 0 Å². The minimum absolute atomic E-state index is 0.173. The summed E-state index contributed by atoms with van der Waals surface area (Å²) in [5.74, 6) is 0.484. The van der Waals surface area contributed by atoms with Crippen LogP contribution in [0.15, 0.2) is 23.2 Å². The molecule has 2 aromatic rings. The van der Waals surface area contributed by atoms with E-state index in [9.17, 15) is 9.18 Å². The maximum Gasteiger partial charge on any atom is 0.409 e. The van der Waals surface area contributed by atoms with Crippen LogP contribution in [0, 0.1) is 11.2 Å². The van der Waals surface area contributed by atoms with E-state index in [1.807, 2.05) is 17.2 Å². The summed E-state index contributed by atoms with van der Waals surface area (Å²) >= 11 is 1.50. The molecule has 1 aliphatic carbocycles. The van der Waals surface area contributed by atoms with E-state index in [0.29, 0.717) is 12.6 Å². The van der Waals surface area contributed by atoms with Crippen molar-refractivity contribution < 1.29 is 13.9 Å². The van der Waals surface area contributed by atoms with Crippen LogP contribution in [0.2, 0.25) is 0 Å². The van der Waals surface area contributed by atoms with Crippen LogP contribution in [0.25, 0.3) is 11.3 Å². The van der Waals surface area contributed by atoms with Gasteiger partial charge < -0.3 is 14.5 Å². The largest absolute Gasteiger partial charge is 0.450 e. The summed E-state index contributed by atoms with van der Waals surface area (Å²) in [7, 11) is 0. The van der Waals surface area contributed by atoms with E-state index >= 15 is 0 Å². The molecule has 3 aliphatic rings. The molecule has 166 valence electrons. The predicted molar refractivity (Wildman–Crippen MR) is 118 cm³/mol. The monoisotopic (exact) mass is 445 g/mol. The smallest absolute Gasteiger partial charge is 0.409 e. The molecule has 0 N–H and O–H groups in total. The number of nitrogens with zero attached hydrogens (tertiary/aromatic N) is 5. The number of carbonyl (C=O) groups is 1. The first-order chi connectivity index (χ1) is 15.1. The summed E-state index contributed by atoms with van der Waals surface area (Å²) in [6, 6.07) is 2.11. The molecule has 31 heavy (non-hydrogen) atoms. The first-order valence-corrected chi connectivity index (χ1v) is 12.0. The van der Waals surface area contributed by atoms with Crippen molar-refractivity contribution in [2.24, 2.45) is 5.41 Å². The minimum atomic E-state index is -0.334. The average Bonchev–Trinajstić information content (AvgIpc) is 3.43. The zero-order chi connectivity index (χ0) is 21.4. The van der Waals surface area contributed by atoms with E-state index in [1.54, 1.807) is 5.51 Å². The van der Waals surface area contributed by atoms with Crippen LogP contribution in [0.1, 0.15) is 26.2 Å². The summed E-state index contributed by atoms with van der Waals surface area (Å²) in [6.07, 6.45) is 4.65. The van der Waals surface area contributed by atoms with Crippen LogP contribution >= 0.6 is 11.3 Å². The van der Waals surface area contributed by atoms with Gasteiger partial charge in [0.15, 0.2) is 0 Å². The van der Waals surface area contributed by atoms with Crippen molar-refractivity contribution in [2.45, 2.75) is 32.2 Å². The van der Waals surface area contributed by atoms with Gasteiger partial charge in [-0.3, -0.25) is 4.90 Å². The number of anilines is 1. The van der Waals surface area contributed by atoms with Crippen molar-refractivity contribution >= 4 is 23.2 Å². The number of ether oxygens (including phenoxy) is 1. The van der Waals surface area contributed by atoms with Gasteiger partial charge in [-0.2, -0.15) is 0 Å². The molecule has 4 heterocycles. The average molecular weight is 446 g/mol. The second-order valence-corrected chi connectivity index (χ2v) is 9.59. The Morgan fingerprint density at radius 1 is 1.29 bits per heavy atom. The van der Waals surface area contributed by atoms with Gasteiger partial charge in [0.2, 0.25) is 0 Å². The lowest BCUT2D eigenvalue weighted by Crippen LogP contribution is -2.58. The number of rotatable bonds is 4. The zero-order valence-electron chi connectivity index (χ0n) is 17.8. The third kappa shape index (κ3) is 4.01. The van der Waals surface area contributed by atoms with Gasteiger partial charge in [0.25, 0.3) is 0 Å². The molecule has 0 aromatic carbocycles. The Morgan fingerprint density at radius 2 is 2.10 bits per heavy atom. The topological polar surface area (TPSA) is 61.8 Å². The third-order valence-electron chi connectivity index (χ3n) is 6.93. The fourth-order valence-electron chi connectivity index (χ4n) is 5.40. The summed E-state index contributed by atoms with van der Waals surface area (Å²) in [5, 5.41) is 1.94. The molecule has 0 radical (unpaired) electrons. The number of pyridine rings is 1. The molecule has 0 unspecified atom stereocenters. The Labute approximate surface area is 185 Å². The maximum absolute atomic E-state index is 13.9. The number of hydrogen-bond acceptors (Lipinski definition) is 7. The molecule has 5 rings (SSSR count). The van der Waals surface area contributed by atoms with Crippen molar-refractivity contribution in [2.75, 3.05) is 50.8 Å². The molecule has 2 saturated heterocycles. The standard InChI is InChI=1S/C22H28FN5O2S/c1-2-30-21(29)28-13-22(14-28)4-3-17(10-22)26-5-7-27(8-6-26)20-18(9-16(23)11-24-20)19-12-31-15-25-19/h9,11-12,15,17H,2-8,10,13-14H2,1H3/t17-/m1/s1. The lowest BCUT2D eigenvalue weighted by molar-refractivity contribution is -0.00294. The highest BCUT2D eigenvalue weighted by Gasteiger charge is 2.51. The van der Waals surface area contributed by atoms with Gasteiger partial charge in [0.05, 0.1) is 24.0 Å². The molecule has 0 bridgehead atoms. The highest BCUT2D eigenvalue weighted by molar-refractivity contribution is 7.07. The van der Waals surface area contributed by atoms with E-state index in [1.165, 1.54) is 36.4 Å². The molecule has 9 heteroatoms. The Bertz CT molecular complexity index is 926. The van der Waals surface area contributed by atoms with Crippen LogP contribution in [-0.4, -0.2) is 77.8 Å². The predicted octanol–water partition coefficient (Wildman–Crippen LogP) is 3.48.